The van der Waals surface area contributed by atoms with Crippen molar-refractivity contribution < 1.29 is 14.0 Å². The fraction of sp³-hybridized carbons (Fsp3) is 0.389. The monoisotopic (exact) mass is 469 g/mol. The first-order chi connectivity index (χ1) is 13.1. The number of amides is 2. The van der Waals surface area contributed by atoms with Crippen LogP contribution in [0.2, 0.25) is 5.02 Å². The summed E-state index contributed by atoms with van der Waals surface area (Å²) < 4.78 is 16.1. The van der Waals surface area contributed by atoms with Crippen LogP contribution in [0.5, 0.6) is 0 Å². The minimum Gasteiger partial charge on any atom is -0.334 e. The van der Waals surface area contributed by atoms with Gasteiger partial charge in [0.2, 0.25) is 0 Å². The molecule has 0 atom stereocenters. The van der Waals surface area contributed by atoms with Crippen LogP contribution in [0.4, 0.5) is 10.1 Å². The number of aromatic nitrogens is 2. The predicted octanol–water partition coefficient (Wildman–Crippen LogP) is 3.23. The molecule has 1 heterocycles. The maximum absolute atomic E-state index is 14.4. The van der Waals surface area contributed by atoms with E-state index in [0.717, 1.165) is 0 Å². The first kappa shape index (κ1) is 19.4. The van der Waals surface area contributed by atoms with Gasteiger partial charge in [0.15, 0.2) is 5.67 Å². The number of rotatable bonds is 5. The lowest BCUT2D eigenvalue weighted by atomic mass is 10.1. The van der Waals surface area contributed by atoms with Crippen LogP contribution in [-0.4, -0.2) is 27.3 Å². The number of carbonyl (C=O) groups is 2. The molecule has 2 fully saturated rings. The molecule has 2 aromatic rings. The van der Waals surface area contributed by atoms with Crippen molar-refractivity contribution in [3.05, 3.63) is 44.6 Å². The van der Waals surface area contributed by atoms with Gasteiger partial charge in [-0.2, -0.15) is 5.10 Å². The van der Waals surface area contributed by atoms with Crippen LogP contribution in [0.3, 0.4) is 0 Å². The van der Waals surface area contributed by atoms with Gasteiger partial charge in [0.05, 0.1) is 20.7 Å². The summed E-state index contributed by atoms with van der Waals surface area (Å²) in [5, 5.41) is 9.82. The van der Waals surface area contributed by atoms with Crippen molar-refractivity contribution in [2.75, 3.05) is 5.32 Å². The Morgan fingerprint density at radius 3 is 2.57 bits per heavy atom. The molecule has 0 spiro atoms. The molecule has 0 unspecified atom stereocenters. The van der Waals surface area contributed by atoms with Crippen LogP contribution in [0, 0.1) is 0 Å². The fourth-order valence-electron chi connectivity index (χ4n) is 2.90. The van der Waals surface area contributed by atoms with Crippen LogP contribution < -0.4 is 16.4 Å². The first-order valence-electron chi connectivity index (χ1n) is 8.76. The number of nitrogens with one attached hydrogen (secondary N) is 2. The molecule has 4 N–H and O–H groups in total. The number of hydrogen-bond acceptors (Lipinski definition) is 4. The van der Waals surface area contributed by atoms with Crippen LogP contribution in [0.25, 0.3) is 0 Å². The molecule has 0 bridgehead atoms. The van der Waals surface area contributed by atoms with Gasteiger partial charge in [-0.1, -0.05) is 11.6 Å². The summed E-state index contributed by atoms with van der Waals surface area (Å²) in [6.45, 7) is 0. The number of halogens is 3. The maximum atomic E-state index is 14.4. The summed E-state index contributed by atoms with van der Waals surface area (Å²) in [5.74, 6) is -0.887. The van der Waals surface area contributed by atoms with E-state index in [1.807, 2.05) is 0 Å². The average Bonchev–Trinajstić information content (AvgIpc) is 3.51. The van der Waals surface area contributed by atoms with Crippen LogP contribution in [0.15, 0.2) is 22.7 Å². The molecule has 1 aromatic heterocycles. The predicted molar refractivity (Wildman–Crippen MR) is 106 cm³/mol. The molecule has 2 saturated carbocycles. The Balaban J connectivity index is 1.56. The molecule has 0 saturated heterocycles. The van der Waals surface area contributed by atoms with Gasteiger partial charge in [0.25, 0.3) is 11.8 Å². The SMILES string of the molecule is Cn1nc(C2(F)CC2)c(Br)c1C(=O)Nc1ccc(Cl)c(C(=O)NC2(N)CC2)c1. The number of nitrogens with two attached hydrogens (primary N) is 1. The minimum atomic E-state index is -1.47. The van der Waals surface area contributed by atoms with E-state index in [2.05, 4.69) is 31.7 Å². The first-order valence-corrected chi connectivity index (χ1v) is 9.93. The summed E-state index contributed by atoms with van der Waals surface area (Å²) >= 11 is 9.43. The number of alkyl halides is 1. The molecule has 2 amide bonds. The molecule has 7 nitrogen and oxygen atoms in total. The maximum Gasteiger partial charge on any atom is 0.275 e. The number of hydrogen-bond donors (Lipinski definition) is 3. The summed E-state index contributed by atoms with van der Waals surface area (Å²) in [6, 6.07) is 4.58. The highest BCUT2D eigenvalue weighted by molar-refractivity contribution is 9.10. The van der Waals surface area contributed by atoms with Crippen LogP contribution >= 0.6 is 27.5 Å². The van der Waals surface area contributed by atoms with Gasteiger partial charge in [-0.05, 0) is 59.8 Å². The van der Waals surface area contributed by atoms with Gasteiger partial charge in [-0.15, -0.1) is 0 Å². The van der Waals surface area contributed by atoms with Crippen molar-refractivity contribution in [1.29, 1.82) is 0 Å². The van der Waals surface area contributed by atoms with E-state index in [-0.39, 0.29) is 22.0 Å². The van der Waals surface area contributed by atoms with E-state index in [4.69, 9.17) is 17.3 Å². The molecule has 28 heavy (non-hydrogen) atoms. The zero-order valence-corrected chi connectivity index (χ0v) is 17.3. The van der Waals surface area contributed by atoms with Crippen molar-refractivity contribution in [2.45, 2.75) is 37.0 Å². The zero-order valence-electron chi connectivity index (χ0n) is 15.0. The standard InChI is InChI=1S/C18H18BrClFN5O2/c1-26-13(12(19)14(25-26)17(21)4-5-17)16(28)23-9-2-3-11(20)10(8-9)15(27)24-18(22)6-7-18/h2-3,8H,4-7,22H2,1H3,(H,23,28)(H,24,27). The molecule has 2 aliphatic carbocycles. The Bertz CT molecular complexity index is 1000. The third kappa shape index (κ3) is 3.54. The van der Waals surface area contributed by atoms with Crippen molar-refractivity contribution in [2.24, 2.45) is 12.8 Å². The number of benzene rings is 1. The van der Waals surface area contributed by atoms with Gasteiger partial charge < -0.3 is 16.4 Å². The molecule has 148 valence electrons. The largest absolute Gasteiger partial charge is 0.334 e. The van der Waals surface area contributed by atoms with Gasteiger partial charge >= 0.3 is 0 Å². The van der Waals surface area contributed by atoms with Gasteiger partial charge in [0, 0.05) is 12.7 Å². The van der Waals surface area contributed by atoms with E-state index in [9.17, 15) is 14.0 Å². The Hall–Kier alpha value is -1.97. The Kier molecular flexibility index (Phi) is 4.52. The van der Waals surface area contributed by atoms with Crippen molar-refractivity contribution in [3.8, 4) is 0 Å². The van der Waals surface area contributed by atoms with E-state index in [0.29, 0.717) is 35.8 Å². The Morgan fingerprint density at radius 2 is 1.96 bits per heavy atom. The lowest BCUT2D eigenvalue weighted by Crippen LogP contribution is -2.43. The van der Waals surface area contributed by atoms with Crippen molar-refractivity contribution >= 4 is 45.0 Å². The highest BCUT2D eigenvalue weighted by Gasteiger charge is 2.49. The number of anilines is 1. The van der Waals surface area contributed by atoms with E-state index < -0.39 is 23.1 Å². The molecule has 2 aliphatic rings. The van der Waals surface area contributed by atoms with Crippen molar-refractivity contribution in [3.63, 3.8) is 0 Å². The van der Waals surface area contributed by atoms with E-state index in [1.165, 1.54) is 16.8 Å². The highest BCUT2D eigenvalue weighted by atomic mass is 79.9. The quantitative estimate of drug-likeness (QED) is 0.584. The lowest BCUT2D eigenvalue weighted by molar-refractivity contribution is 0.0931. The molecule has 4 rings (SSSR count). The highest BCUT2D eigenvalue weighted by Crippen LogP contribution is 2.51. The third-order valence-corrected chi connectivity index (χ3v) is 6.02. The van der Waals surface area contributed by atoms with Gasteiger partial charge in [-0.25, -0.2) is 4.39 Å². The summed E-state index contributed by atoms with van der Waals surface area (Å²) in [5.41, 5.74) is 4.77. The zero-order chi connectivity index (χ0) is 20.3. The Labute approximate surface area is 173 Å². The second-order valence-electron chi connectivity index (χ2n) is 7.36. The number of aryl methyl sites for hydroxylation is 1. The number of nitrogens with zero attached hydrogens (tertiary/aromatic N) is 2. The fourth-order valence-corrected chi connectivity index (χ4v) is 3.97. The summed E-state index contributed by atoms with van der Waals surface area (Å²) in [6.07, 6.45) is 2.20. The second kappa shape index (κ2) is 6.53. The molecule has 0 aliphatic heterocycles. The lowest BCUT2D eigenvalue weighted by Gasteiger charge is -2.14. The van der Waals surface area contributed by atoms with E-state index in [1.54, 1.807) is 13.1 Å². The molecular formula is C18H18BrClFN5O2. The Morgan fingerprint density at radius 1 is 1.29 bits per heavy atom. The number of carbonyl (C=O) groups excluding carboxylic acids is 2. The van der Waals surface area contributed by atoms with Crippen LogP contribution in [0.1, 0.15) is 52.2 Å². The minimum absolute atomic E-state index is 0.193. The van der Waals surface area contributed by atoms with E-state index >= 15 is 0 Å². The average molecular weight is 471 g/mol. The normalized spacial score (nSPS) is 18.5. The second-order valence-corrected chi connectivity index (χ2v) is 8.56. The third-order valence-electron chi connectivity index (χ3n) is 4.94. The molecule has 10 heteroatoms. The topological polar surface area (TPSA) is 102 Å². The summed E-state index contributed by atoms with van der Waals surface area (Å²) in [7, 11) is 1.58. The summed E-state index contributed by atoms with van der Waals surface area (Å²) in [4.78, 5) is 25.1. The van der Waals surface area contributed by atoms with Gasteiger partial charge in [0.1, 0.15) is 11.4 Å². The molecule has 1 aromatic carbocycles. The van der Waals surface area contributed by atoms with Crippen molar-refractivity contribution in [1.82, 2.24) is 15.1 Å². The molecular weight excluding hydrogens is 453 g/mol. The smallest absolute Gasteiger partial charge is 0.275 e. The molecule has 0 radical (unpaired) electrons. The van der Waals surface area contributed by atoms with Gasteiger partial charge in [-0.3, -0.25) is 14.3 Å². The van der Waals surface area contributed by atoms with Crippen LogP contribution in [-0.2, 0) is 12.7 Å².